The number of carbonyl (C=O) groups is 1. The summed E-state index contributed by atoms with van der Waals surface area (Å²) in [5.41, 5.74) is 1.37. The summed E-state index contributed by atoms with van der Waals surface area (Å²) in [6, 6.07) is 0. The lowest BCUT2D eigenvalue weighted by Gasteiger charge is -2.09. The zero-order chi connectivity index (χ0) is 16.1. The van der Waals surface area contributed by atoms with Crippen LogP contribution in [0.1, 0.15) is 47.0 Å². The van der Waals surface area contributed by atoms with Gasteiger partial charge in [-0.2, -0.15) is 0 Å². The summed E-state index contributed by atoms with van der Waals surface area (Å²) < 4.78 is 5.20. The number of hydrogen-bond donors (Lipinski definition) is 1. The Morgan fingerprint density at radius 2 is 2.19 bits per heavy atom. The summed E-state index contributed by atoms with van der Waals surface area (Å²) in [7, 11) is 1.78. The Bertz CT molecular complexity index is 330. The van der Waals surface area contributed by atoms with Crippen molar-refractivity contribution < 1.29 is 9.53 Å². The molecule has 1 amide bonds. The van der Waals surface area contributed by atoms with Crippen LogP contribution in [0.3, 0.4) is 0 Å². The van der Waals surface area contributed by atoms with Gasteiger partial charge in [-0.05, 0) is 37.7 Å². The van der Waals surface area contributed by atoms with Gasteiger partial charge in [-0.25, -0.2) is 0 Å². The van der Waals surface area contributed by atoms with Crippen molar-refractivity contribution in [2.75, 3.05) is 26.8 Å². The summed E-state index contributed by atoms with van der Waals surface area (Å²) in [6.45, 7) is 10.8. The maximum absolute atomic E-state index is 11.3. The molecule has 0 aromatic rings. The lowest BCUT2D eigenvalue weighted by Crippen LogP contribution is -2.29. The molecule has 122 valence electrons. The molecule has 1 unspecified atom stereocenters. The van der Waals surface area contributed by atoms with Crippen molar-refractivity contribution in [3.05, 3.63) is 11.6 Å². The molecule has 1 saturated heterocycles. The Morgan fingerprint density at radius 1 is 1.48 bits per heavy atom. The van der Waals surface area contributed by atoms with Gasteiger partial charge in [-0.1, -0.05) is 26.3 Å². The average Bonchev–Trinajstić information content (AvgIpc) is 2.96. The van der Waals surface area contributed by atoms with Crippen LogP contribution < -0.4 is 5.32 Å². The number of nitrogens with zero attached hydrogens (tertiary/aromatic N) is 1. The molecule has 0 spiro atoms. The van der Waals surface area contributed by atoms with Gasteiger partial charge in [0.25, 0.3) is 0 Å². The molecular formula is C17H32N2O2. The van der Waals surface area contributed by atoms with Crippen LogP contribution >= 0.6 is 0 Å². The first kappa shape index (κ1) is 19.8. The molecule has 4 nitrogen and oxygen atoms in total. The standard InChI is InChI=1S/C10H19NO2.C7H13N/c1-8(2)6-11-10(12)5-9-3-4-13-7-9;1-4-7(2)5-6-8-3/h8-9H,3-7H2,1-2H3,(H,11,12);5-6H,4H2,1-3H3/b;7-5-,8-6?. The molecule has 1 atom stereocenters. The number of rotatable bonds is 6. The number of hydrogen-bond acceptors (Lipinski definition) is 3. The molecule has 1 N–H and O–H groups in total. The molecule has 1 aliphatic rings. The second-order valence-corrected chi connectivity index (χ2v) is 5.91. The molecule has 1 fully saturated rings. The SMILES string of the molecule is CC(C)CNC(=O)CC1CCOC1.CC/C(C)=C\C=NC. The van der Waals surface area contributed by atoms with E-state index in [0.717, 1.165) is 32.6 Å². The molecule has 1 rings (SSSR count). The fourth-order valence-electron chi connectivity index (χ4n) is 1.72. The minimum atomic E-state index is 0.171. The number of carbonyl (C=O) groups excluding carboxylic acids is 1. The zero-order valence-corrected chi connectivity index (χ0v) is 14.3. The van der Waals surface area contributed by atoms with Crippen molar-refractivity contribution in [1.82, 2.24) is 5.32 Å². The third-order valence-electron chi connectivity index (χ3n) is 3.27. The highest BCUT2D eigenvalue weighted by atomic mass is 16.5. The predicted molar refractivity (Wildman–Crippen MR) is 89.9 cm³/mol. The second kappa shape index (κ2) is 12.6. The van der Waals surface area contributed by atoms with Crippen LogP contribution in [0.4, 0.5) is 0 Å². The number of ether oxygens (including phenoxy) is 1. The summed E-state index contributed by atoms with van der Waals surface area (Å²) in [5.74, 6) is 1.15. The maximum Gasteiger partial charge on any atom is 0.220 e. The summed E-state index contributed by atoms with van der Waals surface area (Å²) in [4.78, 5) is 15.2. The van der Waals surface area contributed by atoms with Gasteiger partial charge in [0, 0.05) is 39.4 Å². The average molecular weight is 296 g/mol. The Labute approximate surface area is 130 Å². The Kier molecular flexibility index (Phi) is 11.9. The van der Waals surface area contributed by atoms with Gasteiger partial charge in [0.15, 0.2) is 0 Å². The molecule has 21 heavy (non-hydrogen) atoms. The number of allylic oxidation sites excluding steroid dienone is 2. The minimum absolute atomic E-state index is 0.171. The molecule has 0 saturated carbocycles. The smallest absolute Gasteiger partial charge is 0.220 e. The van der Waals surface area contributed by atoms with Crippen LogP contribution in [0.25, 0.3) is 0 Å². The highest BCUT2D eigenvalue weighted by Gasteiger charge is 2.18. The van der Waals surface area contributed by atoms with Crippen molar-refractivity contribution in [3.8, 4) is 0 Å². The van der Waals surface area contributed by atoms with Gasteiger partial charge in [0.2, 0.25) is 5.91 Å². The number of aliphatic imine (C=N–C) groups is 1. The molecular weight excluding hydrogens is 264 g/mol. The number of amides is 1. The van der Waals surface area contributed by atoms with E-state index in [-0.39, 0.29) is 5.91 Å². The van der Waals surface area contributed by atoms with Crippen LogP contribution in [0.5, 0.6) is 0 Å². The van der Waals surface area contributed by atoms with Crippen LogP contribution in [-0.2, 0) is 9.53 Å². The molecule has 0 radical (unpaired) electrons. The van der Waals surface area contributed by atoms with Gasteiger partial charge in [-0.3, -0.25) is 9.79 Å². The Morgan fingerprint density at radius 3 is 2.67 bits per heavy atom. The van der Waals surface area contributed by atoms with Crippen molar-refractivity contribution >= 4 is 12.1 Å². The minimum Gasteiger partial charge on any atom is -0.381 e. The normalized spacial score (nSPS) is 18.8. The summed E-state index contributed by atoms with van der Waals surface area (Å²) in [5, 5.41) is 2.91. The van der Waals surface area contributed by atoms with E-state index in [2.05, 4.69) is 38.0 Å². The van der Waals surface area contributed by atoms with Gasteiger partial charge < -0.3 is 10.1 Å². The molecule has 1 heterocycles. The van der Waals surface area contributed by atoms with E-state index in [1.807, 2.05) is 12.3 Å². The van der Waals surface area contributed by atoms with E-state index in [0.29, 0.717) is 18.3 Å². The maximum atomic E-state index is 11.3. The second-order valence-electron chi connectivity index (χ2n) is 5.91. The topological polar surface area (TPSA) is 50.7 Å². The van der Waals surface area contributed by atoms with E-state index in [4.69, 9.17) is 4.74 Å². The quantitative estimate of drug-likeness (QED) is 0.765. The fourth-order valence-corrected chi connectivity index (χ4v) is 1.72. The van der Waals surface area contributed by atoms with E-state index in [1.165, 1.54) is 5.57 Å². The zero-order valence-electron chi connectivity index (χ0n) is 14.3. The van der Waals surface area contributed by atoms with Gasteiger partial charge in [0.05, 0.1) is 0 Å². The van der Waals surface area contributed by atoms with Crippen molar-refractivity contribution in [1.29, 1.82) is 0 Å². The summed E-state index contributed by atoms with van der Waals surface area (Å²) >= 11 is 0. The van der Waals surface area contributed by atoms with E-state index >= 15 is 0 Å². The lowest BCUT2D eigenvalue weighted by molar-refractivity contribution is -0.122. The van der Waals surface area contributed by atoms with Gasteiger partial charge >= 0.3 is 0 Å². The van der Waals surface area contributed by atoms with Gasteiger partial charge in [0.1, 0.15) is 0 Å². The number of nitrogens with one attached hydrogen (secondary N) is 1. The van der Waals surface area contributed by atoms with Crippen molar-refractivity contribution in [3.63, 3.8) is 0 Å². The van der Waals surface area contributed by atoms with E-state index < -0.39 is 0 Å². The highest BCUT2D eigenvalue weighted by molar-refractivity contribution is 5.76. The predicted octanol–water partition coefficient (Wildman–Crippen LogP) is 3.23. The van der Waals surface area contributed by atoms with Crippen LogP contribution in [-0.4, -0.2) is 38.9 Å². The molecule has 0 aromatic carbocycles. The third-order valence-corrected chi connectivity index (χ3v) is 3.27. The Hall–Kier alpha value is -1.16. The van der Waals surface area contributed by atoms with Crippen molar-refractivity contribution in [2.45, 2.75) is 47.0 Å². The lowest BCUT2D eigenvalue weighted by atomic mass is 10.0. The van der Waals surface area contributed by atoms with Crippen LogP contribution in [0.2, 0.25) is 0 Å². The first-order valence-corrected chi connectivity index (χ1v) is 7.91. The van der Waals surface area contributed by atoms with Crippen LogP contribution in [0.15, 0.2) is 16.6 Å². The first-order valence-electron chi connectivity index (χ1n) is 7.91. The molecule has 1 aliphatic heterocycles. The monoisotopic (exact) mass is 296 g/mol. The molecule has 0 bridgehead atoms. The van der Waals surface area contributed by atoms with Gasteiger partial charge in [-0.15, -0.1) is 0 Å². The van der Waals surface area contributed by atoms with Crippen molar-refractivity contribution in [2.24, 2.45) is 16.8 Å². The Balaban J connectivity index is 0.000000433. The summed E-state index contributed by atoms with van der Waals surface area (Å²) in [6.07, 6.45) is 6.63. The van der Waals surface area contributed by atoms with E-state index in [9.17, 15) is 4.79 Å². The van der Waals surface area contributed by atoms with Crippen LogP contribution in [0, 0.1) is 11.8 Å². The fraction of sp³-hybridized carbons (Fsp3) is 0.765. The molecule has 0 aliphatic carbocycles. The largest absolute Gasteiger partial charge is 0.381 e. The van der Waals surface area contributed by atoms with E-state index in [1.54, 1.807) is 7.05 Å². The molecule has 4 heteroatoms. The molecule has 0 aromatic heterocycles. The first-order chi connectivity index (χ1) is 9.99. The highest BCUT2D eigenvalue weighted by Crippen LogP contribution is 2.15. The third kappa shape index (κ3) is 12.3.